The number of ether oxygens (including phenoxy) is 2. The fourth-order valence-corrected chi connectivity index (χ4v) is 5.01. The van der Waals surface area contributed by atoms with E-state index in [-0.39, 0.29) is 17.1 Å². The number of amides is 1. The van der Waals surface area contributed by atoms with Crippen molar-refractivity contribution in [3.8, 4) is 11.5 Å². The van der Waals surface area contributed by atoms with E-state index in [1.165, 1.54) is 0 Å². The Labute approximate surface area is 210 Å². The number of hydrogen-bond donors (Lipinski definition) is 0. The maximum Gasteiger partial charge on any atom is 0.290 e. The van der Waals surface area contributed by atoms with Crippen molar-refractivity contribution in [2.45, 2.75) is 33.2 Å². The molecule has 0 unspecified atom stereocenters. The first-order chi connectivity index (χ1) is 17.4. The van der Waals surface area contributed by atoms with Gasteiger partial charge in [-0.1, -0.05) is 30.3 Å². The van der Waals surface area contributed by atoms with E-state index in [0.717, 1.165) is 33.8 Å². The predicted molar refractivity (Wildman–Crippen MR) is 139 cm³/mol. The van der Waals surface area contributed by atoms with Crippen molar-refractivity contribution in [3.63, 3.8) is 0 Å². The van der Waals surface area contributed by atoms with Crippen LogP contribution in [0, 0.1) is 13.8 Å². The highest BCUT2D eigenvalue weighted by Crippen LogP contribution is 2.39. The van der Waals surface area contributed by atoms with Crippen molar-refractivity contribution in [1.29, 1.82) is 0 Å². The molecule has 0 N–H and O–H groups in total. The third-order valence-electron chi connectivity index (χ3n) is 6.70. The summed E-state index contributed by atoms with van der Waals surface area (Å²) in [4.78, 5) is 29.3. The van der Waals surface area contributed by atoms with Gasteiger partial charge >= 0.3 is 0 Å². The Morgan fingerprint density at radius 3 is 2.31 bits per heavy atom. The van der Waals surface area contributed by atoms with Crippen LogP contribution >= 0.6 is 0 Å². The summed E-state index contributed by atoms with van der Waals surface area (Å²) >= 11 is 0. The lowest BCUT2D eigenvalue weighted by molar-refractivity contribution is 0.0730. The van der Waals surface area contributed by atoms with Crippen molar-refractivity contribution in [1.82, 2.24) is 4.90 Å². The van der Waals surface area contributed by atoms with Gasteiger partial charge in [0, 0.05) is 6.54 Å². The Kier molecular flexibility index (Phi) is 6.27. The van der Waals surface area contributed by atoms with E-state index >= 15 is 0 Å². The van der Waals surface area contributed by atoms with Gasteiger partial charge in [0.1, 0.15) is 17.1 Å². The molecule has 0 radical (unpaired) electrons. The highest BCUT2D eigenvalue weighted by molar-refractivity contribution is 5.99. The number of nitrogens with zero attached hydrogens (tertiary/aromatic N) is 1. The van der Waals surface area contributed by atoms with Crippen LogP contribution in [-0.2, 0) is 6.42 Å². The number of methoxy groups -OCH3 is 1. The van der Waals surface area contributed by atoms with E-state index in [1.54, 1.807) is 12.0 Å². The number of hydrogen-bond acceptors (Lipinski definition) is 5. The van der Waals surface area contributed by atoms with Crippen LogP contribution in [0.2, 0.25) is 0 Å². The van der Waals surface area contributed by atoms with E-state index in [4.69, 9.17) is 13.9 Å². The van der Waals surface area contributed by atoms with E-state index < -0.39 is 6.04 Å². The summed E-state index contributed by atoms with van der Waals surface area (Å²) in [6.45, 7) is 6.78. The summed E-state index contributed by atoms with van der Waals surface area (Å²) in [7, 11) is 1.63. The highest BCUT2D eigenvalue weighted by atomic mass is 16.5. The van der Waals surface area contributed by atoms with Gasteiger partial charge in [0.15, 0.2) is 5.43 Å². The van der Waals surface area contributed by atoms with Crippen molar-refractivity contribution in [2.75, 3.05) is 20.3 Å². The summed E-state index contributed by atoms with van der Waals surface area (Å²) < 4.78 is 17.0. The average molecular weight is 484 g/mol. The van der Waals surface area contributed by atoms with Crippen molar-refractivity contribution in [3.05, 3.63) is 104 Å². The van der Waals surface area contributed by atoms with Crippen LogP contribution in [0.25, 0.3) is 11.0 Å². The first kappa shape index (κ1) is 23.7. The third kappa shape index (κ3) is 4.13. The molecule has 1 aliphatic heterocycles. The van der Waals surface area contributed by atoms with Gasteiger partial charge < -0.3 is 18.8 Å². The molecule has 1 atom stereocenters. The highest BCUT2D eigenvalue weighted by Gasteiger charge is 2.42. The summed E-state index contributed by atoms with van der Waals surface area (Å²) in [5.74, 6) is 1.39. The normalized spacial score (nSPS) is 14.8. The molecule has 6 nitrogen and oxygen atoms in total. The molecule has 0 fully saturated rings. The monoisotopic (exact) mass is 483 g/mol. The van der Waals surface area contributed by atoms with Gasteiger partial charge in [-0.2, -0.15) is 0 Å². The minimum absolute atomic E-state index is 0.132. The molecule has 36 heavy (non-hydrogen) atoms. The van der Waals surface area contributed by atoms with Crippen LogP contribution in [-0.4, -0.2) is 31.1 Å². The predicted octanol–water partition coefficient (Wildman–Crippen LogP) is 5.61. The Morgan fingerprint density at radius 2 is 1.64 bits per heavy atom. The molecule has 5 rings (SSSR count). The maximum absolute atomic E-state index is 13.8. The zero-order valence-electron chi connectivity index (χ0n) is 21.0. The molecule has 0 saturated carbocycles. The van der Waals surface area contributed by atoms with E-state index in [9.17, 15) is 9.59 Å². The lowest BCUT2D eigenvalue weighted by Crippen LogP contribution is -2.31. The van der Waals surface area contributed by atoms with E-state index in [2.05, 4.69) is 0 Å². The minimum Gasteiger partial charge on any atom is -0.497 e. The average Bonchev–Trinajstić information content (AvgIpc) is 3.16. The van der Waals surface area contributed by atoms with Crippen LogP contribution in [0.15, 0.2) is 69.9 Å². The number of benzene rings is 3. The Morgan fingerprint density at radius 1 is 0.944 bits per heavy atom. The molecule has 184 valence electrons. The molecular formula is C30H29NO5. The molecule has 1 aromatic heterocycles. The van der Waals surface area contributed by atoms with Crippen LogP contribution in [0.3, 0.4) is 0 Å². The fraction of sp³-hybridized carbons (Fsp3) is 0.267. The zero-order valence-corrected chi connectivity index (χ0v) is 21.0. The first-order valence-corrected chi connectivity index (χ1v) is 12.2. The van der Waals surface area contributed by atoms with Gasteiger partial charge in [0.2, 0.25) is 5.76 Å². The van der Waals surface area contributed by atoms with Gasteiger partial charge in [0.25, 0.3) is 5.91 Å². The van der Waals surface area contributed by atoms with Crippen LogP contribution in [0.4, 0.5) is 0 Å². The van der Waals surface area contributed by atoms with Gasteiger partial charge in [0.05, 0.1) is 30.7 Å². The second-order valence-corrected chi connectivity index (χ2v) is 9.13. The van der Waals surface area contributed by atoms with Crippen LogP contribution in [0.5, 0.6) is 11.5 Å². The summed E-state index contributed by atoms with van der Waals surface area (Å²) in [5.41, 5.74) is 4.45. The molecule has 1 aliphatic rings. The summed E-state index contributed by atoms with van der Waals surface area (Å²) in [5, 5.41) is 0.506. The molecule has 0 spiro atoms. The molecular weight excluding hydrogens is 454 g/mol. The number of rotatable bonds is 7. The van der Waals surface area contributed by atoms with Crippen molar-refractivity contribution >= 4 is 16.9 Å². The molecule has 3 aromatic carbocycles. The molecule has 0 aliphatic carbocycles. The number of fused-ring (bicyclic) bond motifs is 2. The van der Waals surface area contributed by atoms with E-state index in [1.807, 2.05) is 81.4 Å². The summed E-state index contributed by atoms with van der Waals surface area (Å²) in [6, 6.07) is 18.6. The van der Waals surface area contributed by atoms with Crippen molar-refractivity contribution < 1.29 is 18.7 Å². The quantitative estimate of drug-likeness (QED) is 0.342. The molecule has 1 amide bonds. The van der Waals surface area contributed by atoms with Gasteiger partial charge in [-0.15, -0.1) is 0 Å². The van der Waals surface area contributed by atoms with E-state index in [0.29, 0.717) is 36.1 Å². The topological polar surface area (TPSA) is 69.0 Å². The third-order valence-corrected chi connectivity index (χ3v) is 6.70. The maximum atomic E-state index is 13.8. The second-order valence-electron chi connectivity index (χ2n) is 9.13. The number of carbonyl (C=O) groups is 1. The smallest absolute Gasteiger partial charge is 0.290 e. The van der Waals surface area contributed by atoms with Crippen LogP contribution in [0.1, 0.15) is 51.3 Å². The molecule has 0 saturated heterocycles. The largest absolute Gasteiger partial charge is 0.497 e. The lowest BCUT2D eigenvalue weighted by atomic mass is 9.97. The standard InChI is InChI=1S/C30H29NO5/c1-5-35-23-12-8-21(9-13-23)26-25-27(32)24-17-18(2)16-19(3)28(24)36-29(25)30(33)31(26)15-14-20-6-10-22(34-4)11-7-20/h6-13,16-17,26H,5,14-15H2,1-4H3/t26-/m0/s1. The number of aryl methyl sites for hydroxylation is 2. The second kappa shape index (κ2) is 9.53. The van der Waals surface area contributed by atoms with Gasteiger partial charge in [-0.25, -0.2) is 0 Å². The van der Waals surface area contributed by atoms with Gasteiger partial charge in [-0.3, -0.25) is 9.59 Å². The van der Waals surface area contributed by atoms with Crippen LogP contribution < -0.4 is 14.9 Å². The minimum atomic E-state index is -0.539. The SMILES string of the molecule is CCOc1ccc([C@H]2c3c(oc4c(C)cc(C)cc4c3=O)C(=O)N2CCc2ccc(OC)cc2)cc1. The Bertz CT molecular complexity index is 1490. The lowest BCUT2D eigenvalue weighted by Gasteiger charge is -2.25. The zero-order chi connectivity index (χ0) is 25.4. The fourth-order valence-electron chi connectivity index (χ4n) is 5.01. The van der Waals surface area contributed by atoms with Crippen molar-refractivity contribution in [2.24, 2.45) is 0 Å². The molecule has 2 heterocycles. The molecule has 0 bridgehead atoms. The van der Waals surface area contributed by atoms with Gasteiger partial charge in [-0.05, 0) is 79.8 Å². The molecule has 4 aromatic rings. The first-order valence-electron chi connectivity index (χ1n) is 12.2. The summed E-state index contributed by atoms with van der Waals surface area (Å²) in [6.07, 6.45) is 0.628. The molecule has 6 heteroatoms. The number of carbonyl (C=O) groups excluding carboxylic acids is 1. The Balaban J connectivity index is 1.60. The Hall–Kier alpha value is -4.06.